The first-order chi connectivity index (χ1) is 15.7. The number of nitrogens with zero attached hydrogens (tertiary/aromatic N) is 3. The van der Waals surface area contributed by atoms with Crippen LogP contribution in [0.2, 0.25) is 0 Å². The Morgan fingerprint density at radius 1 is 1.27 bits per heavy atom. The van der Waals surface area contributed by atoms with Gasteiger partial charge in [0.15, 0.2) is 0 Å². The molecule has 0 spiro atoms. The van der Waals surface area contributed by atoms with Crippen molar-refractivity contribution < 1.29 is 17.9 Å². The van der Waals surface area contributed by atoms with Crippen molar-refractivity contribution in [2.24, 2.45) is 11.8 Å². The summed E-state index contributed by atoms with van der Waals surface area (Å²) in [6.07, 6.45) is 5.52. The lowest BCUT2D eigenvalue weighted by Gasteiger charge is -2.26. The number of sulfone groups is 1. The van der Waals surface area contributed by atoms with Crippen molar-refractivity contribution in [3.8, 4) is 0 Å². The molecule has 4 rings (SSSR count). The van der Waals surface area contributed by atoms with Crippen LogP contribution in [-0.2, 0) is 38.2 Å². The van der Waals surface area contributed by atoms with E-state index >= 15 is 0 Å². The summed E-state index contributed by atoms with van der Waals surface area (Å²) in [6.45, 7) is 8.24. The summed E-state index contributed by atoms with van der Waals surface area (Å²) < 4.78 is 34.3. The second kappa shape index (κ2) is 9.97. The van der Waals surface area contributed by atoms with Crippen LogP contribution in [0.15, 0.2) is 35.6 Å². The topological polar surface area (TPSA) is 81.5 Å². The van der Waals surface area contributed by atoms with E-state index in [-0.39, 0.29) is 34.8 Å². The molecule has 0 radical (unpaired) electrons. The molecule has 8 heteroatoms. The average molecular weight is 474 g/mol. The fraction of sp³-hybridized carbons (Fsp3) is 0.600. The minimum absolute atomic E-state index is 0.0543. The fourth-order valence-electron chi connectivity index (χ4n) is 4.46. The van der Waals surface area contributed by atoms with Gasteiger partial charge in [-0.2, -0.15) is 0 Å². The molecule has 180 valence electrons. The van der Waals surface area contributed by atoms with E-state index in [1.54, 1.807) is 10.8 Å². The van der Waals surface area contributed by atoms with Crippen LogP contribution in [0.5, 0.6) is 0 Å². The number of benzene rings is 1. The standard InChI is InChI=1S/C25H35N3O4S/c1-18(2)14-28-22(15-27(24(29)21-9-10-21)16-23-8-5-11-32-23)13-26-25(28)33(30,31)17-20-7-4-6-19(3)12-20/h4,6-7,12-13,18,21,23H,5,8-11,14-17H2,1-3H3/t23-/m0/s1. The smallest absolute Gasteiger partial charge is 0.228 e. The highest BCUT2D eigenvalue weighted by molar-refractivity contribution is 7.90. The summed E-state index contributed by atoms with van der Waals surface area (Å²) >= 11 is 0. The molecule has 1 amide bonds. The monoisotopic (exact) mass is 473 g/mol. The maximum absolute atomic E-state index is 13.4. The molecule has 0 bridgehead atoms. The molecule has 1 aromatic carbocycles. The van der Waals surface area contributed by atoms with Gasteiger partial charge in [-0.3, -0.25) is 4.79 Å². The van der Waals surface area contributed by atoms with E-state index < -0.39 is 9.84 Å². The van der Waals surface area contributed by atoms with Gasteiger partial charge in [0.1, 0.15) is 0 Å². The van der Waals surface area contributed by atoms with Gasteiger partial charge in [-0.05, 0) is 44.1 Å². The van der Waals surface area contributed by atoms with Gasteiger partial charge in [0.2, 0.25) is 20.9 Å². The number of rotatable bonds is 10. The molecule has 1 saturated carbocycles. The lowest BCUT2D eigenvalue weighted by Crippen LogP contribution is -2.38. The number of imidazole rings is 1. The van der Waals surface area contributed by atoms with Crippen molar-refractivity contribution in [2.45, 2.75) is 76.6 Å². The first-order valence-electron chi connectivity index (χ1n) is 12.0. The maximum Gasteiger partial charge on any atom is 0.228 e. The SMILES string of the molecule is Cc1cccc(CS(=O)(=O)c2ncc(CN(C[C@@H]3CCCO3)C(=O)C3CC3)n2CC(C)C)c1. The highest BCUT2D eigenvalue weighted by atomic mass is 32.2. The van der Waals surface area contributed by atoms with Gasteiger partial charge in [-0.25, -0.2) is 13.4 Å². The van der Waals surface area contributed by atoms with E-state index in [0.29, 0.717) is 19.6 Å². The van der Waals surface area contributed by atoms with Gasteiger partial charge >= 0.3 is 0 Å². The van der Waals surface area contributed by atoms with Gasteiger partial charge in [-0.1, -0.05) is 43.7 Å². The molecule has 1 aliphatic heterocycles. The minimum Gasteiger partial charge on any atom is -0.376 e. The van der Waals surface area contributed by atoms with Crippen molar-refractivity contribution in [3.63, 3.8) is 0 Å². The lowest BCUT2D eigenvalue weighted by atomic mass is 10.2. The van der Waals surface area contributed by atoms with Crippen molar-refractivity contribution in [3.05, 3.63) is 47.3 Å². The summed E-state index contributed by atoms with van der Waals surface area (Å²) in [5, 5.41) is 0.0867. The Balaban J connectivity index is 1.61. The summed E-state index contributed by atoms with van der Waals surface area (Å²) in [4.78, 5) is 19.3. The van der Waals surface area contributed by atoms with E-state index in [1.165, 1.54) is 0 Å². The first kappa shape index (κ1) is 24.0. The first-order valence-corrected chi connectivity index (χ1v) is 13.6. The molecule has 2 aromatic rings. The number of aryl methyl sites for hydroxylation is 1. The van der Waals surface area contributed by atoms with E-state index in [9.17, 15) is 13.2 Å². The molecule has 1 aliphatic carbocycles. The number of carbonyl (C=O) groups excluding carboxylic acids is 1. The Morgan fingerprint density at radius 2 is 2.06 bits per heavy atom. The molecular weight excluding hydrogens is 438 g/mol. The zero-order chi connectivity index (χ0) is 23.6. The van der Waals surface area contributed by atoms with E-state index in [4.69, 9.17) is 4.74 Å². The largest absolute Gasteiger partial charge is 0.376 e. The molecule has 1 aromatic heterocycles. The third kappa shape index (κ3) is 6.03. The van der Waals surface area contributed by atoms with Crippen LogP contribution in [0.4, 0.5) is 0 Å². The molecule has 0 unspecified atom stereocenters. The van der Waals surface area contributed by atoms with Crippen LogP contribution in [0.3, 0.4) is 0 Å². The van der Waals surface area contributed by atoms with Gasteiger partial charge < -0.3 is 14.2 Å². The lowest BCUT2D eigenvalue weighted by molar-refractivity contribution is -0.134. The molecule has 1 atom stereocenters. The van der Waals surface area contributed by atoms with Crippen molar-refractivity contribution in [1.29, 1.82) is 0 Å². The normalized spacial score (nSPS) is 18.7. The summed E-state index contributed by atoms with van der Waals surface area (Å²) in [6, 6.07) is 7.55. The second-order valence-electron chi connectivity index (χ2n) is 9.91. The number of carbonyl (C=O) groups is 1. The fourth-order valence-corrected chi connectivity index (χ4v) is 5.95. The molecular formula is C25H35N3O4S. The van der Waals surface area contributed by atoms with Gasteiger partial charge in [0.25, 0.3) is 0 Å². The van der Waals surface area contributed by atoms with E-state index in [2.05, 4.69) is 18.8 Å². The molecule has 0 N–H and O–H groups in total. The Bertz CT molecular complexity index is 1080. The predicted molar refractivity (Wildman–Crippen MR) is 126 cm³/mol. The van der Waals surface area contributed by atoms with E-state index in [0.717, 1.165) is 49.1 Å². The van der Waals surface area contributed by atoms with Crippen LogP contribution >= 0.6 is 0 Å². The third-order valence-electron chi connectivity index (χ3n) is 6.21. The highest BCUT2D eigenvalue weighted by Gasteiger charge is 2.36. The minimum atomic E-state index is -3.64. The molecule has 7 nitrogen and oxygen atoms in total. The van der Waals surface area contributed by atoms with Crippen molar-refractivity contribution in [1.82, 2.24) is 14.5 Å². The molecule has 2 heterocycles. The Morgan fingerprint density at radius 3 is 2.70 bits per heavy atom. The predicted octanol–water partition coefficient (Wildman–Crippen LogP) is 3.74. The maximum atomic E-state index is 13.4. The number of hydrogen-bond donors (Lipinski definition) is 0. The van der Waals surface area contributed by atoms with Crippen LogP contribution < -0.4 is 0 Å². The van der Waals surface area contributed by atoms with E-state index in [1.807, 2.05) is 36.1 Å². The summed E-state index contributed by atoms with van der Waals surface area (Å²) in [5.74, 6) is 0.380. The number of aromatic nitrogens is 2. The van der Waals surface area contributed by atoms with Crippen LogP contribution in [-0.4, -0.2) is 48.0 Å². The van der Waals surface area contributed by atoms with Crippen LogP contribution in [0, 0.1) is 18.8 Å². The summed E-state index contributed by atoms with van der Waals surface area (Å²) in [5.41, 5.74) is 2.54. The van der Waals surface area contributed by atoms with Gasteiger partial charge in [0.05, 0.1) is 30.3 Å². The molecule has 2 fully saturated rings. The van der Waals surface area contributed by atoms with Crippen LogP contribution in [0.1, 0.15) is 56.4 Å². The zero-order valence-electron chi connectivity index (χ0n) is 19.9. The number of hydrogen-bond acceptors (Lipinski definition) is 5. The molecule has 2 aliphatic rings. The Labute approximate surface area is 197 Å². The number of ether oxygens (including phenoxy) is 1. The van der Waals surface area contributed by atoms with Crippen LogP contribution in [0.25, 0.3) is 0 Å². The molecule has 1 saturated heterocycles. The zero-order valence-corrected chi connectivity index (χ0v) is 20.7. The quantitative estimate of drug-likeness (QED) is 0.525. The van der Waals surface area contributed by atoms with Gasteiger partial charge in [0, 0.05) is 25.6 Å². The Kier molecular flexibility index (Phi) is 7.24. The second-order valence-corrected chi connectivity index (χ2v) is 11.8. The Hall–Kier alpha value is -2.19. The third-order valence-corrected chi connectivity index (χ3v) is 7.80. The highest BCUT2D eigenvalue weighted by Crippen LogP contribution is 2.32. The van der Waals surface area contributed by atoms with Gasteiger partial charge in [-0.15, -0.1) is 0 Å². The average Bonchev–Trinajstić information content (AvgIpc) is 3.32. The van der Waals surface area contributed by atoms with Crippen molar-refractivity contribution in [2.75, 3.05) is 13.2 Å². The number of amides is 1. The summed E-state index contributed by atoms with van der Waals surface area (Å²) in [7, 11) is -3.64. The molecule has 33 heavy (non-hydrogen) atoms. The van der Waals surface area contributed by atoms with Crippen molar-refractivity contribution >= 4 is 15.7 Å².